The number of aliphatic hydroxyl groups excluding tert-OH is 1. The quantitative estimate of drug-likeness (QED) is 0.652. The van der Waals surface area contributed by atoms with E-state index in [2.05, 4.69) is 5.32 Å². The second kappa shape index (κ2) is 8.15. The first kappa shape index (κ1) is 19.3. The molecule has 1 aliphatic heterocycles. The first-order valence-electron chi connectivity index (χ1n) is 9.45. The lowest BCUT2D eigenvalue weighted by Crippen LogP contribution is -2.43. The van der Waals surface area contributed by atoms with Crippen molar-refractivity contribution < 1.29 is 9.90 Å². The molecule has 0 fully saturated rings. The fraction of sp³-hybridized carbons (Fsp3) is 0.174. The van der Waals surface area contributed by atoms with Crippen LogP contribution in [-0.4, -0.2) is 31.2 Å². The molecule has 0 spiro atoms. The standard InChI is InChI=1S/C23H22ClN3O2/c1-26(14-15-28)18-10-6-16(7-11-18)22-25-21-5-3-2-4-20(21)23(29)27(22)19-12-8-17(24)9-13-19/h2-13,22,25,28H,14-15H2,1H3/t22-/m1/s1. The number of hydrogen-bond donors (Lipinski definition) is 2. The molecule has 1 atom stereocenters. The fourth-order valence-electron chi connectivity index (χ4n) is 3.54. The molecule has 0 aliphatic carbocycles. The highest BCUT2D eigenvalue weighted by molar-refractivity contribution is 6.30. The maximum Gasteiger partial charge on any atom is 0.262 e. The van der Waals surface area contributed by atoms with Gasteiger partial charge in [-0.2, -0.15) is 0 Å². The Hall–Kier alpha value is -3.02. The van der Waals surface area contributed by atoms with Crippen LogP contribution in [0.2, 0.25) is 5.02 Å². The van der Waals surface area contributed by atoms with Gasteiger partial charge in [0.25, 0.3) is 5.91 Å². The summed E-state index contributed by atoms with van der Waals surface area (Å²) < 4.78 is 0. The van der Waals surface area contributed by atoms with E-state index in [1.807, 2.05) is 72.6 Å². The van der Waals surface area contributed by atoms with E-state index in [9.17, 15) is 4.79 Å². The van der Waals surface area contributed by atoms with E-state index in [0.29, 0.717) is 17.1 Å². The molecule has 148 valence electrons. The Kier molecular flexibility index (Phi) is 5.43. The van der Waals surface area contributed by atoms with Gasteiger partial charge < -0.3 is 15.3 Å². The Morgan fingerprint density at radius 2 is 1.72 bits per heavy atom. The molecule has 0 saturated carbocycles. The van der Waals surface area contributed by atoms with Crippen molar-refractivity contribution in [1.82, 2.24) is 0 Å². The van der Waals surface area contributed by atoms with Gasteiger partial charge in [0.1, 0.15) is 6.17 Å². The van der Waals surface area contributed by atoms with Crippen molar-refractivity contribution in [3.05, 3.63) is 88.9 Å². The molecule has 1 amide bonds. The van der Waals surface area contributed by atoms with Gasteiger partial charge in [0.15, 0.2) is 0 Å². The second-order valence-electron chi connectivity index (χ2n) is 6.98. The molecule has 29 heavy (non-hydrogen) atoms. The summed E-state index contributed by atoms with van der Waals surface area (Å²) in [4.78, 5) is 17.1. The van der Waals surface area contributed by atoms with Crippen LogP contribution in [0.4, 0.5) is 17.1 Å². The minimum Gasteiger partial charge on any atom is -0.395 e. The van der Waals surface area contributed by atoms with Crippen molar-refractivity contribution >= 4 is 34.6 Å². The number of carbonyl (C=O) groups excluding carboxylic acids is 1. The van der Waals surface area contributed by atoms with Gasteiger partial charge in [0, 0.05) is 35.7 Å². The summed E-state index contributed by atoms with van der Waals surface area (Å²) in [6.45, 7) is 0.655. The highest BCUT2D eigenvalue weighted by atomic mass is 35.5. The third-order valence-electron chi connectivity index (χ3n) is 5.12. The number of aliphatic hydroxyl groups is 1. The van der Waals surface area contributed by atoms with Crippen LogP contribution in [-0.2, 0) is 0 Å². The number of fused-ring (bicyclic) bond motifs is 1. The lowest BCUT2D eigenvalue weighted by Gasteiger charge is -2.38. The van der Waals surface area contributed by atoms with E-state index in [4.69, 9.17) is 16.7 Å². The minimum absolute atomic E-state index is 0.0619. The smallest absolute Gasteiger partial charge is 0.262 e. The number of likely N-dealkylation sites (N-methyl/N-ethyl adjacent to an activating group) is 1. The van der Waals surface area contributed by atoms with Crippen LogP contribution in [0.5, 0.6) is 0 Å². The largest absolute Gasteiger partial charge is 0.395 e. The fourth-order valence-corrected chi connectivity index (χ4v) is 3.67. The van der Waals surface area contributed by atoms with Crippen molar-refractivity contribution in [2.24, 2.45) is 0 Å². The van der Waals surface area contributed by atoms with Gasteiger partial charge in [-0.15, -0.1) is 0 Å². The van der Waals surface area contributed by atoms with E-state index in [0.717, 1.165) is 22.6 Å². The third-order valence-corrected chi connectivity index (χ3v) is 5.37. The Balaban J connectivity index is 1.74. The van der Waals surface area contributed by atoms with Gasteiger partial charge >= 0.3 is 0 Å². The average Bonchev–Trinajstić information content (AvgIpc) is 2.75. The van der Waals surface area contributed by atoms with Gasteiger partial charge in [-0.05, 0) is 54.1 Å². The predicted molar refractivity (Wildman–Crippen MR) is 118 cm³/mol. The van der Waals surface area contributed by atoms with Crippen LogP contribution in [0.3, 0.4) is 0 Å². The molecule has 0 unspecified atom stereocenters. The Bertz CT molecular complexity index is 1010. The summed E-state index contributed by atoms with van der Waals surface area (Å²) >= 11 is 6.05. The Morgan fingerprint density at radius 3 is 2.41 bits per heavy atom. The molecule has 0 bridgehead atoms. The van der Waals surface area contributed by atoms with Crippen molar-refractivity contribution in [1.29, 1.82) is 0 Å². The zero-order valence-electron chi connectivity index (χ0n) is 16.0. The summed E-state index contributed by atoms with van der Waals surface area (Å²) in [7, 11) is 1.93. The molecule has 4 rings (SSSR count). The van der Waals surface area contributed by atoms with Crippen LogP contribution in [0.25, 0.3) is 0 Å². The van der Waals surface area contributed by atoms with E-state index in [1.54, 1.807) is 17.0 Å². The lowest BCUT2D eigenvalue weighted by molar-refractivity contribution is 0.0975. The number of anilines is 3. The van der Waals surface area contributed by atoms with E-state index >= 15 is 0 Å². The number of nitrogens with zero attached hydrogens (tertiary/aromatic N) is 2. The molecule has 1 heterocycles. The number of benzene rings is 3. The highest BCUT2D eigenvalue weighted by Gasteiger charge is 2.33. The maximum absolute atomic E-state index is 13.4. The van der Waals surface area contributed by atoms with Crippen molar-refractivity contribution in [3.63, 3.8) is 0 Å². The molecule has 1 aliphatic rings. The second-order valence-corrected chi connectivity index (χ2v) is 7.42. The number of amides is 1. The number of para-hydroxylation sites is 1. The van der Waals surface area contributed by atoms with E-state index in [1.165, 1.54) is 0 Å². The first-order valence-corrected chi connectivity index (χ1v) is 9.83. The normalized spacial score (nSPS) is 15.6. The van der Waals surface area contributed by atoms with Gasteiger partial charge in [-0.3, -0.25) is 9.69 Å². The van der Waals surface area contributed by atoms with Gasteiger partial charge in [-0.25, -0.2) is 0 Å². The highest BCUT2D eigenvalue weighted by Crippen LogP contribution is 2.37. The molecule has 3 aromatic carbocycles. The zero-order valence-corrected chi connectivity index (χ0v) is 16.8. The Labute approximate surface area is 175 Å². The topological polar surface area (TPSA) is 55.8 Å². The van der Waals surface area contributed by atoms with Gasteiger partial charge in [0.05, 0.1) is 12.2 Å². The van der Waals surface area contributed by atoms with E-state index < -0.39 is 0 Å². The summed E-state index contributed by atoms with van der Waals surface area (Å²) in [6.07, 6.45) is -0.351. The lowest BCUT2D eigenvalue weighted by atomic mass is 10.0. The van der Waals surface area contributed by atoms with Crippen LogP contribution in [0.1, 0.15) is 22.1 Å². The van der Waals surface area contributed by atoms with Crippen molar-refractivity contribution in [3.8, 4) is 0 Å². The molecular formula is C23H22ClN3O2. The zero-order chi connectivity index (χ0) is 20.4. The molecule has 6 heteroatoms. The molecular weight excluding hydrogens is 386 g/mol. The molecule has 2 N–H and O–H groups in total. The third kappa shape index (κ3) is 3.79. The summed E-state index contributed by atoms with van der Waals surface area (Å²) in [5.74, 6) is -0.0619. The summed E-state index contributed by atoms with van der Waals surface area (Å²) in [5, 5.41) is 13.3. The molecule has 0 aromatic heterocycles. The maximum atomic E-state index is 13.4. The minimum atomic E-state index is -0.351. The number of halogens is 1. The van der Waals surface area contributed by atoms with Gasteiger partial charge in [0.2, 0.25) is 0 Å². The Morgan fingerprint density at radius 1 is 1.03 bits per heavy atom. The average molecular weight is 408 g/mol. The van der Waals surface area contributed by atoms with Crippen molar-refractivity contribution in [2.45, 2.75) is 6.17 Å². The monoisotopic (exact) mass is 407 g/mol. The number of rotatable bonds is 5. The number of nitrogens with one attached hydrogen (secondary N) is 1. The van der Waals surface area contributed by atoms with Crippen LogP contribution in [0, 0.1) is 0 Å². The number of carbonyl (C=O) groups is 1. The predicted octanol–water partition coefficient (Wildman–Crippen LogP) is 4.54. The van der Waals surface area contributed by atoms with Gasteiger partial charge in [-0.1, -0.05) is 35.9 Å². The van der Waals surface area contributed by atoms with Crippen LogP contribution < -0.4 is 15.1 Å². The van der Waals surface area contributed by atoms with E-state index in [-0.39, 0.29) is 18.7 Å². The summed E-state index contributed by atoms with van der Waals surface area (Å²) in [5.41, 5.74) is 4.19. The summed E-state index contributed by atoms with van der Waals surface area (Å²) in [6, 6.07) is 22.8. The van der Waals surface area contributed by atoms with Crippen molar-refractivity contribution in [2.75, 3.05) is 35.3 Å². The first-order chi connectivity index (χ1) is 14.1. The molecule has 5 nitrogen and oxygen atoms in total. The SMILES string of the molecule is CN(CCO)c1ccc([C@@H]2Nc3ccccc3C(=O)N2c2ccc(Cl)cc2)cc1. The molecule has 0 radical (unpaired) electrons. The van der Waals surface area contributed by atoms with Crippen LogP contribution >= 0.6 is 11.6 Å². The van der Waals surface area contributed by atoms with Crippen LogP contribution in [0.15, 0.2) is 72.8 Å². The molecule has 0 saturated heterocycles. The number of hydrogen-bond acceptors (Lipinski definition) is 4. The molecule has 3 aromatic rings.